The van der Waals surface area contributed by atoms with Crippen LogP contribution in [0, 0.1) is 17.0 Å². The molecule has 0 aromatic heterocycles. The van der Waals surface area contributed by atoms with Gasteiger partial charge >= 0.3 is 0 Å². The first-order valence-electron chi connectivity index (χ1n) is 5.39. The largest absolute Gasteiger partial charge is 0.370 e. The van der Waals surface area contributed by atoms with Crippen molar-refractivity contribution in [1.82, 2.24) is 0 Å². The van der Waals surface area contributed by atoms with Crippen molar-refractivity contribution in [3.05, 3.63) is 51.6 Å². The van der Waals surface area contributed by atoms with E-state index in [1.54, 1.807) is 19.1 Å². The molecule has 0 aliphatic heterocycles. The Bertz CT molecular complexity index is 575. The Morgan fingerprint density at radius 2 is 2.16 bits per heavy atom. The van der Waals surface area contributed by atoms with E-state index >= 15 is 0 Å². The summed E-state index contributed by atoms with van der Waals surface area (Å²) >= 11 is 0. The molecule has 100 valence electrons. The molecule has 7 heteroatoms. The van der Waals surface area contributed by atoms with Gasteiger partial charge in [-0.3, -0.25) is 14.9 Å². The molecule has 0 fully saturated rings. The quantitative estimate of drug-likeness (QED) is 0.276. The van der Waals surface area contributed by atoms with Crippen LogP contribution < -0.4 is 11.5 Å². The van der Waals surface area contributed by atoms with Crippen molar-refractivity contribution in [2.24, 2.45) is 16.5 Å². The molecule has 0 unspecified atom stereocenters. The lowest BCUT2D eigenvalue weighted by Gasteiger charge is -2.06. The fraction of sp³-hybridized carbons (Fsp3) is 0.167. The molecule has 4 N–H and O–H groups in total. The van der Waals surface area contributed by atoms with Crippen molar-refractivity contribution in [2.45, 2.75) is 13.3 Å². The second-order valence-corrected chi connectivity index (χ2v) is 3.89. The number of allylic oxidation sites excluding steroid dienone is 1. The molecule has 19 heavy (non-hydrogen) atoms. The van der Waals surface area contributed by atoms with Gasteiger partial charge < -0.3 is 11.5 Å². The third kappa shape index (κ3) is 3.38. The van der Waals surface area contributed by atoms with E-state index in [0.29, 0.717) is 17.5 Å². The fourth-order valence-corrected chi connectivity index (χ4v) is 1.65. The third-order valence-corrected chi connectivity index (χ3v) is 2.45. The van der Waals surface area contributed by atoms with E-state index in [1.165, 1.54) is 6.07 Å². The van der Waals surface area contributed by atoms with E-state index in [9.17, 15) is 14.9 Å². The summed E-state index contributed by atoms with van der Waals surface area (Å²) in [6.07, 6.45) is 1.90. The normalized spacial score (nSPS) is 9.74. The maximum Gasteiger partial charge on any atom is 0.280 e. The number of aliphatic imine (C=N–C) groups is 1. The smallest absolute Gasteiger partial charge is 0.280 e. The van der Waals surface area contributed by atoms with Crippen molar-refractivity contribution in [1.29, 1.82) is 0 Å². The van der Waals surface area contributed by atoms with Crippen molar-refractivity contribution in [2.75, 3.05) is 0 Å². The number of carbonyl (C=O) groups excluding carboxylic acids is 1. The van der Waals surface area contributed by atoms with Gasteiger partial charge in [-0.2, -0.15) is 4.99 Å². The first-order chi connectivity index (χ1) is 8.86. The number of guanidine groups is 1. The van der Waals surface area contributed by atoms with Gasteiger partial charge in [0.2, 0.25) is 0 Å². The van der Waals surface area contributed by atoms with Crippen molar-refractivity contribution in [3.63, 3.8) is 0 Å². The molecule has 0 bridgehead atoms. The Morgan fingerprint density at radius 1 is 1.53 bits per heavy atom. The standard InChI is InChI=1S/C12H14N4O3/c1-3-4-8-5-7(2)9(6-10(8)16(18)19)11(17)15-12(13)14/h3,5-6H,1,4H2,2H3,(H4,13,14,15,17). The summed E-state index contributed by atoms with van der Waals surface area (Å²) < 4.78 is 0. The van der Waals surface area contributed by atoms with Gasteiger partial charge in [-0.25, -0.2) is 0 Å². The highest BCUT2D eigenvalue weighted by molar-refractivity contribution is 6.03. The van der Waals surface area contributed by atoms with Gasteiger partial charge in [0, 0.05) is 11.6 Å². The summed E-state index contributed by atoms with van der Waals surface area (Å²) in [5, 5.41) is 11.0. The van der Waals surface area contributed by atoms with Crippen LogP contribution in [0.1, 0.15) is 21.5 Å². The van der Waals surface area contributed by atoms with Crippen LogP contribution in [-0.2, 0) is 6.42 Å². The number of hydrogen-bond acceptors (Lipinski definition) is 3. The molecule has 0 aliphatic rings. The van der Waals surface area contributed by atoms with E-state index in [0.717, 1.165) is 0 Å². The molecule has 1 aromatic rings. The fourth-order valence-electron chi connectivity index (χ4n) is 1.65. The van der Waals surface area contributed by atoms with Gasteiger partial charge in [0.05, 0.1) is 10.5 Å². The molecule has 7 nitrogen and oxygen atoms in total. The van der Waals surface area contributed by atoms with Gasteiger partial charge in [-0.15, -0.1) is 6.58 Å². The molecule has 0 heterocycles. The van der Waals surface area contributed by atoms with Crippen LogP contribution in [-0.4, -0.2) is 16.8 Å². The first kappa shape index (κ1) is 14.4. The number of nitro groups is 1. The van der Waals surface area contributed by atoms with Gasteiger partial charge in [0.25, 0.3) is 11.6 Å². The van der Waals surface area contributed by atoms with Crippen LogP contribution in [0.4, 0.5) is 5.69 Å². The number of nitro benzene ring substituents is 1. The minimum Gasteiger partial charge on any atom is -0.370 e. The predicted octanol–water partition coefficient (Wildman–Crippen LogP) is 1.05. The number of aryl methyl sites for hydroxylation is 1. The van der Waals surface area contributed by atoms with Crippen molar-refractivity contribution < 1.29 is 9.72 Å². The molecule has 0 atom stereocenters. The molecule has 0 aliphatic carbocycles. The number of nitrogens with zero attached hydrogens (tertiary/aromatic N) is 2. The highest BCUT2D eigenvalue weighted by atomic mass is 16.6. The number of amides is 1. The zero-order valence-corrected chi connectivity index (χ0v) is 10.4. The summed E-state index contributed by atoms with van der Waals surface area (Å²) in [5.41, 5.74) is 11.2. The van der Waals surface area contributed by atoms with Crippen LogP contribution in [0.15, 0.2) is 29.8 Å². The average molecular weight is 262 g/mol. The first-order valence-corrected chi connectivity index (χ1v) is 5.39. The van der Waals surface area contributed by atoms with Crippen LogP contribution >= 0.6 is 0 Å². The molecule has 0 saturated heterocycles. The number of hydrogen-bond donors (Lipinski definition) is 2. The Hall–Kier alpha value is -2.70. The molecule has 0 saturated carbocycles. The summed E-state index contributed by atoms with van der Waals surface area (Å²) in [4.78, 5) is 25.5. The summed E-state index contributed by atoms with van der Waals surface area (Å²) in [6.45, 7) is 5.20. The number of carbonyl (C=O) groups is 1. The molecular formula is C12H14N4O3. The maximum atomic E-state index is 11.7. The lowest BCUT2D eigenvalue weighted by Crippen LogP contribution is -2.24. The van der Waals surface area contributed by atoms with E-state index < -0.39 is 10.8 Å². The van der Waals surface area contributed by atoms with Crippen LogP contribution in [0.5, 0.6) is 0 Å². The highest BCUT2D eigenvalue weighted by Crippen LogP contribution is 2.24. The molecule has 0 radical (unpaired) electrons. The highest BCUT2D eigenvalue weighted by Gasteiger charge is 2.19. The van der Waals surface area contributed by atoms with Gasteiger partial charge in [-0.1, -0.05) is 6.08 Å². The summed E-state index contributed by atoms with van der Waals surface area (Å²) in [7, 11) is 0. The Kier molecular flexibility index (Phi) is 4.36. The Morgan fingerprint density at radius 3 is 2.63 bits per heavy atom. The molecule has 1 amide bonds. The van der Waals surface area contributed by atoms with Crippen LogP contribution in [0.25, 0.3) is 0 Å². The van der Waals surface area contributed by atoms with Gasteiger partial charge in [-0.05, 0) is 25.0 Å². The zero-order valence-electron chi connectivity index (χ0n) is 10.4. The Balaban J connectivity index is 3.40. The Labute approximate surface area is 109 Å². The zero-order chi connectivity index (χ0) is 14.6. The molecule has 1 rings (SSSR count). The molecule has 1 aromatic carbocycles. The minimum absolute atomic E-state index is 0.105. The number of benzene rings is 1. The molecular weight excluding hydrogens is 248 g/mol. The number of rotatable bonds is 4. The van der Waals surface area contributed by atoms with E-state index in [-0.39, 0.29) is 17.2 Å². The van der Waals surface area contributed by atoms with Gasteiger partial charge in [0.1, 0.15) is 0 Å². The van der Waals surface area contributed by atoms with Crippen molar-refractivity contribution in [3.8, 4) is 0 Å². The third-order valence-electron chi connectivity index (χ3n) is 2.45. The molecule has 0 spiro atoms. The lowest BCUT2D eigenvalue weighted by atomic mass is 10.0. The van der Waals surface area contributed by atoms with Gasteiger partial charge in [0.15, 0.2) is 5.96 Å². The second kappa shape index (κ2) is 5.76. The summed E-state index contributed by atoms with van der Waals surface area (Å²) in [6, 6.07) is 2.75. The topological polar surface area (TPSA) is 125 Å². The predicted molar refractivity (Wildman–Crippen MR) is 71.9 cm³/mol. The monoisotopic (exact) mass is 262 g/mol. The van der Waals surface area contributed by atoms with E-state index in [4.69, 9.17) is 11.5 Å². The second-order valence-electron chi connectivity index (χ2n) is 3.89. The van der Waals surface area contributed by atoms with E-state index in [1.807, 2.05) is 0 Å². The average Bonchev–Trinajstić information content (AvgIpc) is 2.27. The number of nitrogens with two attached hydrogens (primary N) is 2. The van der Waals surface area contributed by atoms with Crippen molar-refractivity contribution >= 4 is 17.6 Å². The van der Waals surface area contributed by atoms with Crippen LogP contribution in [0.3, 0.4) is 0 Å². The lowest BCUT2D eigenvalue weighted by molar-refractivity contribution is -0.385. The summed E-state index contributed by atoms with van der Waals surface area (Å²) in [5.74, 6) is -1.09. The maximum absolute atomic E-state index is 11.7. The minimum atomic E-state index is -0.703. The van der Waals surface area contributed by atoms with E-state index in [2.05, 4.69) is 11.6 Å². The SMILES string of the molecule is C=CCc1cc(C)c(C(=O)N=C(N)N)cc1[N+](=O)[O-]. The van der Waals surface area contributed by atoms with Crippen LogP contribution in [0.2, 0.25) is 0 Å².